The number of hydroxylamine groups is 1. The Hall–Kier alpha value is -1.86. The van der Waals surface area contributed by atoms with Crippen LogP contribution in [-0.2, 0) is 10.6 Å². The minimum atomic E-state index is -0.283. The molecule has 2 aromatic rings. The van der Waals surface area contributed by atoms with Crippen molar-refractivity contribution in [3.63, 3.8) is 0 Å². The number of nitrogens with one attached hydrogen (secondary N) is 1. The normalized spacial score (nSPS) is 10.4. The summed E-state index contributed by atoms with van der Waals surface area (Å²) in [6.45, 7) is 1.74. The zero-order valence-electron chi connectivity index (χ0n) is 10.5. The molecule has 2 rings (SSSR count). The molecule has 0 atom stereocenters. The molecule has 0 radical (unpaired) electrons. The van der Waals surface area contributed by atoms with E-state index in [-0.39, 0.29) is 5.91 Å². The van der Waals surface area contributed by atoms with Crippen LogP contribution in [0.2, 0.25) is 0 Å². The lowest BCUT2D eigenvalue weighted by Gasteiger charge is -2.07. The lowest BCUT2D eigenvalue weighted by atomic mass is 10.2. The Morgan fingerprint density at radius 2 is 2.26 bits per heavy atom. The van der Waals surface area contributed by atoms with Gasteiger partial charge in [0.25, 0.3) is 5.91 Å². The predicted molar refractivity (Wildman–Crippen MR) is 69.5 cm³/mol. The molecule has 0 saturated heterocycles. The quantitative estimate of drug-likeness (QED) is 0.666. The average molecular weight is 279 g/mol. The molecule has 0 spiro atoms. The molecule has 0 aliphatic carbocycles. The number of benzene rings is 1. The van der Waals surface area contributed by atoms with Crippen molar-refractivity contribution in [2.45, 2.75) is 17.6 Å². The molecule has 1 aromatic heterocycles. The fourth-order valence-corrected chi connectivity index (χ4v) is 2.36. The van der Waals surface area contributed by atoms with Crippen molar-refractivity contribution in [3.8, 4) is 0 Å². The van der Waals surface area contributed by atoms with Gasteiger partial charge in [-0.15, -0.1) is 11.8 Å². The van der Waals surface area contributed by atoms with Gasteiger partial charge in [-0.25, -0.2) is 5.48 Å². The number of carbonyl (C=O) groups is 1. The lowest BCUT2D eigenvalue weighted by Crippen LogP contribution is -2.22. The van der Waals surface area contributed by atoms with Gasteiger partial charge >= 0.3 is 0 Å². The molecule has 1 heterocycles. The zero-order chi connectivity index (χ0) is 13.7. The second-order valence-electron chi connectivity index (χ2n) is 3.65. The third-order valence-corrected chi connectivity index (χ3v) is 3.32. The molecule has 1 amide bonds. The van der Waals surface area contributed by atoms with Crippen LogP contribution in [0.25, 0.3) is 0 Å². The van der Waals surface area contributed by atoms with E-state index in [9.17, 15) is 4.79 Å². The molecule has 0 aliphatic heterocycles. The molecule has 0 saturated carbocycles. The van der Waals surface area contributed by atoms with Gasteiger partial charge < -0.3 is 4.52 Å². The number of aromatic nitrogens is 2. The Morgan fingerprint density at radius 1 is 1.47 bits per heavy atom. The Labute approximate surface area is 114 Å². The smallest absolute Gasteiger partial charge is 0.275 e. The first kappa shape index (κ1) is 13.6. The number of hydrogen-bond donors (Lipinski definition) is 1. The maximum atomic E-state index is 11.8. The molecule has 0 fully saturated rings. The first-order valence-electron chi connectivity index (χ1n) is 5.55. The highest BCUT2D eigenvalue weighted by Crippen LogP contribution is 2.25. The SMILES string of the molecule is CONC(=O)c1ccccc1SCc1noc(C)n1. The first-order valence-corrected chi connectivity index (χ1v) is 6.53. The molecule has 7 heteroatoms. The van der Waals surface area contributed by atoms with Gasteiger partial charge in [0.05, 0.1) is 18.4 Å². The van der Waals surface area contributed by atoms with Crippen LogP contribution < -0.4 is 5.48 Å². The van der Waals surface area contributed by atoms with Gasteiger partial charge in [0.15, 0.2) is 5.82 Å². The van der Waals surface area contributed by atoms with Gasteiger partial charge in [-0.2, -0.15) is 4.98 Å². The highest BCUT2D eigenvalue weighted by molar-refractivity contribution is 7.98. The second kappa shape index (κ2) is 6.35. The molecular formula is C12H13N3O3S. The van der Waals surface area contributed by atoms with E-state index < -0.39 is 0 Å². The van der Waals surface area contributed by atoms with Crippen molar-refractivity contribution in [1.29, 1.82) is 0 Å². The maximum absolute atomic E-state index is 11.8. The van der Waals surface area contributed by atoms with E-state index >= 15 is 0 Å². The van der Waals surface area contributed by atoms with Crippen LogP contribution >= 0.6 is 11.8 Å². The average Bonchev–Trinajstić information content (AvgIpc) is 2.83. The fourth-order valence-electron chi connectivity index (χ4n) is 1.47. The van der Waals surface area contributed by atoms with Crippen LogP contribution in [0.4, 0.5) is 0 Å². The first-order chi connectivity index (χ1) is 9.20. The van der Waals surface area contributed by atoms with Crippen LogP contribution in [0.5, 0.6) is 0 Å². The molecular weight excluding hydrogens is 266 g/mol. The minimum Gasteiger partial charge on any atom is -0.340 e. The van der Waals surface area contributed by atoms with Crippen molar-refractivity contribution in [1.82, 2.24) is 15.6 Å². The molecule has 0 aliphatic rings. The van der Waals surface area contributed by atoms with Crippen molar-refractivity contribution in [3.05, 3.63) is 41.5 Å². The standard InChI is InChI=1S/C12H13N3O3S/c1-8-13-11(14-18-8)7-19-10-6-4-3-5-9(10)12(16)15-17-2/h3-6H,7H2,1-2H3,(H,15,16). The molecule has 1 aromatic carbocycles. The van der Waals surface area contributed by atoms with Crippen LogP contribution in [-0.4, -0.2) is 23.2 Å². The molecule has 0 unspecified atom stereocenters. The van der Waals surface area contributed by atoms with E-state index in [1.54, 1.807) is 19.1 Å². The van der Waals surface area contributed by atoms with E-state index in [0.29, 0.717) is 23.0 Å². The Morgan fingerprint density at radius 3 is 2.95 bits per heavy atom. The fraction of sp³-hybridized carbons (Fsp3) is 0.250. The van der Waals surface area contributed by atoms with Crippen molar-refractivity contribution < 1.29 is 14.2 Å². The van der Waals surface area contributed by atoms with E-state index in [1.165, 1.54) is 18.9 Å². The van der Waals surface area contributed by atoms with Gasteiger partial charge in [-0.3, -0.25) is 9.63 Å². The highest BCUT2D eigenvalue weighted by atomic mass is 32.2. The number of amides is 1. The molecule has 1 N–H and O–H groups in total. The number of carbonyl (C=O) groups excluding carboxylic acids is 1. The second-order valence-corrected chi connectivity index (χ2v) is 4.67. The monoisotopic (exact) mass is 279 g/mol. The summed E-state index contributed by atoms with van der Waals surface area (Å²) in [5.74, 6) is 1.38. The largest absolute Gasteiger partial charge is 0.340 e. The number of nitrogens with zero attached hydrogens (tertiary/aromatic N) is 2. The number of hydrogen-bond acceptors (Lipinski definition) is 6. The van der Waals surface area contributed by atoms with Crippen LogP contribution in [0.15, 0.2) is 33.7 Å². The van der Waals surface area contributed by atoms with E-state index in [0.717, 1.165) is 4.90 Å². The lowest BCUT2D eigenvalue weighted by molar-refractivity contribution is 0.0534. The number of aryl methyl sites for hydroxylation is 1. The summed E-state index contributed by atoms with van der Waals surface area (Å²) in [4.78, 5) is 21.4. The van der Waals surface area contributed by atoms with E-state index in [1.807, 2.05) is 12.1 Å². The van der Waals surface area contributed by atoms with Gasteiger partial charge in [-0.1, -0.05) is 17.3 Å². The van der Waals surface area contributed by atoms with Crippen LogP contribution in [0, 0.1) is 6.92 Å². The number of rotatable bonds is 5. The topological polar surface area (TPSA) is 77.2 Å². The van der Waals surface area contributed by atoms with Gasteiger partial charge in [0, 0.05) is 11.8 Å². The van der Waals surface area contributed by atoms with Crippen molar-refractivity contribution >= 4 is 17.7 Å². The minimum absolute atomic E-state index is 0.283. The summed E-state index contributed by atoms with van der Waals surface area (Å²) in [5, 5.41) is 3.81. The summed E-state index contributed by atoms with van der Waals surface area (Å²) >= 11 is 1.47. The van der Waals surface area contributed by atoms with Gasteiger partial charge in [-0.05, 0) is 12.1 Å². The van der Waals surface area contributed by atoms with Gasteiger partial charge in [0.1, 0.15) is 0 Å². The zero-order valence-corrected chi connectivity index (χ0v) is 11.4. The van der Waals surface area contributed by atoms with Crippen LogP contribution in [0.1, 0.15) is 22.1 Å². The maximum Gasteiger partial charge on any atom is 0.275 e. The summed E-state index contributed by atoms with van der Waals surface area (Å²) < 4.78 is 4.90. The van der Waals surface area contributed by atoms with E-state index in [2.05, 4.69) is 20.5 Å². The highest BCUT2D eigenvalue weighted by Gasteiger charge is 2.12. The van der Waals surface area contributed by atoms with E-state index in [4.69, 9.17) is 4.52 Å². The molecule has 100 valence electrons. The van der Waals surface area contributed by atoms with Crippen LogP contribution in [0.3, 0.4) is 0 Å². The van der Waals surface area contributed by atoms with Crippen molar-refractivity contribution in [2.75, 3.05) is 7.11 Å². The predicted octanol–water partition coefficient (Wildman–Crippen LogP) is 1.96. The number of thioether (sulfide) groups is 1. The van der Waals surface area contributed by atoms with Crippen molar-refractivity contribution in [2.24, 2.45) is 0 Å². The summed E-state index contributed by atoms with van der Waals surface area (Å²) in [6, 6.07) is 7.26. The third kappa shape index (κ3) is 3.55. The third-order valence-electron chi connectivity index (χ3n) is 2.25. The molecule has 0 bridgehead atoms. The Bertz CT molecular complexity index is 571. The summed E-state index contributed by atoms with van der Waals surface area (Å²) in [7, 11) is 1.40. The summed E-state index contributed by atoms with van der Waals surface area (Å²) in [5.41, 5.74) is 2.85. The van der Waals surface area contributed by atoms with Gasteiger partial charge in [0.2, 0.25) is 5.89 Å². The molecule has 6 nitrogen and oxygen atoms in total. The Kier molecular flexibility index (Phi) is 4.53. The molecule has 19 heavy (non-hydrogen) atoms. The Balaban J connectivity index is 2.09. The summed E-state index contributed by atoms with van der Waals surface area (Å²) in [6.07, 6.45) is 0.